The Kier molecular flexibility index (Phi) is 11.5. The number of allylic oxidation sites excluding steroid dienone is 1. The second kappa shape index (κ2) is 14.8. The minimum atomic E-state index is -0.832. The predicted molar refractivity (Wildman–Crippen MR) is 202 cm³/mol. The van der Waals surface area contributed by atoms with E-state index in [4.69, 9.17) is 9.84 Å². The average molecular weight is 720 g/mol. The van der Waals surface area contributed by atoms with Crippen molar-refractivity contribution in [2.75, 3.05) is 13.7 Å². The molecule has 6 rings (SSSR count). The van der Waals surface area contributed by atoms with E-state index in [1.54, 1.807) is 26.0 Å². The number of benzene rings is 1. The van der Waals surface area contributed by atoms with Crippen LogP contribution in [0.2, 0.25) is 0 Å². The van der Waals surface area contributed by atoms with E-state index in [2.05, 4.69) is 46.9 Å². The lowest BCUT2D eigenvalue weighted by Gasteiger charge is -2.69. The van der Waals surface area contributed by atoms with Gasteiger partial charge in [-0.3, -0.25) is 14.4 Å². The molecule has 1 amide bonds. The maximum atomic E-state index is 13.9. The summed E-state index contributed by atoms with van der Waals surface area (Å²) in [5, 5.41) is 22.0. The largest absolute Gasteiger partial charge is 0.462 e. The number of fused-ring (bicyclic) bond motifs is 7. The molecule has 4 saturated carbocycles. The number of hydrogen-bond donors (Lipinski definition) is 3. The minimum absolute atomic E-state index is 0.0823. The van der Waals surface area contributed by atoms with Gasteiger partial charge in [-0.05, 0) is 109 Å². The van der Waals surface area contributed by atoms with Gasteiger partial charge in [0, 0.05) is 41.9 Å². The molecule has 0 spiro atoms. The Morgan fingerprint density at radius 3 is 2.23 bits per heavy atom. The van der Waals surface area contributed by atoms with Crippen molar-refractivity contribution in [1.82, 2.24) is 5.32 Å². The van der Waals surface area contributed by atoms with Gasteiger partial charge in [-0.15, -0.1) is 0 Å². The quantitative estimate of drug-likeness (QED) is 0.178. The summed E-state index contributed by atoms with van der Waals surface area (Å²) in [6, 6.07) is 9.10. The lowest BCUT2D eigenvalue weighted by atomic mass is 9.36. The molecule has 1 aromatic rings. The van der Waals surface area contributed by atoms with E-state index >= 15 is 0 Å². The molecule has 8 heteroatoms. The van der Waals surface area contributed by atoms with Crippen molar-refractivity contribution in [3.63, 3.8) is 0 Å². The van der Waals surface area contributed by atoms with Crippen LogP contribution in [0.1, 0.15) is 130 Å². The topological polar surface area (TPSA) is 130 Å². The molecular weight excluding hydrogens is 654 g/mol. The Balaban J connectivity index is 0.00000257. The summed E-state index contributed by atoms with van der Waals surface area (Å²) in [6.07, 6.45) is 8.11. The average Bonchev–Trinajstić information content (AvgIpc) is 3.42. The van der Waals surface area contributed by atoms with Gasteiger partial charge >= 0.3 is 5.97 Å². The van der Waals surface area contributed by atoms with E-state index in [0.29, 0.717) is 29.7 Å². The zero-order chi connectivity index (χ0) is 38.4. The SMILES string of the molecule is CC(C)C1=C2C3CCC4C(C)(CCC5C(C)(C)C(OC(=O)CC(C)(C)C=O)CCC54C)C3CCC2(C(O)CNC(=O)c2ccccc2)CC1=O.CO. The minimum Gasteiger partial charge on any atom is -0.462 e. The Labute approximate surface area is 311 Å². The highest BCUT2D eigenvalue weighted by Gasteiger charge is 2.67. The van der Waals surface area contributed by atoms with Gasteiger partial charge in [-0.1, -0.05) is 79.2 Å². The number of Topliss-reactive ketones (excluding diaryl/α,β-unsaturated/α-hetero) is 1. The molecule has 0 bridgehead atoms. The van der Waals surface area contributed by atoms with Crippen molar-refractivity contribution in [3.8, 4) is 0 Å². The van der Waals surface area contributed by atoms with E-state index in [1.165, 1.54) is 5.57 Å². The third kappa shape index (κ3) is 6.73. The monoisotopic (exact) mass is 719 g/mol. The van der Waals surface area contributed by atoms with Crippen LogP contribution in [-0.2, 0) is 19.1 Å². The van der Waals surface area contributed by atoms with Crippen LogP contribution in [0.3, 0.4) is 0 Å². The zero-order valence-corrected chi connectivity index (χ0v) is 33.2. The molecule has 0 heterocycles. The number of ether oxygens (including phenoxy) is 1. The number of carbonyl (C=O) groups is 4. The van der Waals surface area contributed by atoms with Crippen LogP contribution < -0.4 is 5.32 Å². The van der Waals surface area contributed by atoms with Crippen LogP contribution in [0.25, 0.3) is 0 Å². The van der Waals surface area contributed by atoms with Gasteiger partial charge in [0.1, 0.15) is 12.4 Å². The van der Waals surface area contributed by atoms with Gasteiger partial charge in [-0.2, -0.15) is 0 Å². The second-order valence-electron chi connectivity index (χ2n) is 18.9. The number of rotatable bonds is 9. The highest BCUT2D eigenvalue weighted by atomic mass is 16.5. The van der Waals surface area contributed by atoms with Gasteiger partial charge in [0.05, 0.1) is 12.5 Å². The summed E-state index contributed by atoms with van der Waals surface area (Å²) in [7, 11) is 1.00. The lowest BCUT2D eigenvalue weighted by Crippen LogP contribution is -2.63. The summed E-state index contributed by atoms with van der Waals surface area (Å²) in [5.41, 5.74) is 1.38. The van der Waals surface area contributed by atoms with Crippen molar-refractivity contribution in [3.05, 3.63) is 47.0 Å². The fraction of sp³-hybridized carbons (Fsp3) is 0.727. The van der Waals surface area contributed by atoms with Crippen molar-refractivity contribution in [2.45, 2.75) is 132 Å². The molecule has 0 aromatic heterocycles. The zero-order valence-electron chi connectivity index (χ0n) is 33.2. The van der Waals surface area contributed by atoms with Crippen LogP contribution in [-0.4, -0.2) is 60.0 Å². The van der Waals surface area contributed by atoms with Gasteiger partial charge in [0.25, 0.3) is 5.91 Å². The first kappa shape index (κ1) is 40.3. The number of ketones is 1. The molecule has 8 nitrogen and oxygen atoms in total. The van der Waals surface area contributed by atoms with E-state index in [-0.39, 0.29) is 64.8 Å². The Bertz CT molecular complexity index is 1550. The summed E-state index contributed by atoms with van der Waals surface area (Å²) in [4.78, 5) is 51.4. The molecule has 5 aliphatic carbocycles. The van der Waals surface area contributed by atoms with Crippen LogP contribution in [0.4, 0.5) is 0 Å². The number of carbonyl (C=O) groups excluding carboxylic acids is 4. The number of aliphatic hydroxyl groups excluding tert-OH is 2. The smallest absolute Gasteiger partial charge is 0.307 e. The Hall–Kier alpha value is -2.84. The fourth-order valence-corrected chi connectivity index (χ4v) is 12.6. The van der Waals surface area contributed by atoms with Crippen molar-refractivity contribution < 1.29 is 34.1 Å². The number of esters is 1. The molecule has 0 saturated heterocycles. The molecule has 9 unspecified atom stereocenters. The molecule has 5 aliphatic rings. The van der Waals surface area contributed by atoms with Crippen molar-refractivity contribution >= 4 is 23.9 Å². The number of nitrogens with one attached hydrogen (secondary N) is 1. The summed E-state index contributed by atoms with van der Waals surface area (Å²) < 4.78 is 6.18. The Morgan fingerprint density at radius 2 is 1.60 bits per heavy atom. The molecular formula is C44H65NO7. The molecule has 1 aromatic carbocycles. The Morgan fingerprint density at radius 1 is 0.942 bits per heavy atom. The third-order valence-corrected chi connectivity index (χ3v) is 14.9. The number of aldehydes is 1. The first-order chi connectivity index (χ1) is 24.4. The predicted octanol–water partition coefficient (Wildman–Crippen LogP) is 7.50. The normalized spacial score (nSPS) is 35.5. The van der Waals surface area contributed by atoms with E-state index in [1.807, 2.05) is 18.2 Å². The van der Waals surface area contributed by atoms with E-state index in [0.717, 1.165) is 70.3 Å². The number of aliphatic hydroxyl groups is 2. The first-order valence-corrected chi connectivity index (χ1v) is 19.8. The number of amides is 1. The van der Waals surface area contributed by atoms with Crippen LogP contribution in [0, 0.1) is 56.7 Å². The van der Waals surface area contributed by atoms with Gasteiger partial charge in [0.15, 0.2) is 5.78 Å². The second-order valence-corrected chi connectivity index (χ2v) is 18.9. The molecule has 0 aliphatic heterocycles. The maximum Gasteiger partial charge on any atom is 0.307 e. The van der Waals surface area contributed by atoms with Crippen LogP contribution in [0.15, 0.2) is 41.5 Å². The third-order valence-electron chi connectivity index (χ3n) is 14.9. The van der Waals surface area contributed by atoms with Gasteiger partial charge in [-0.25, -0.2) is 0 Å². The molecule has 0 radical (unpaired) electrons. The summed E-state index contributed by atoms with van der Waals surface area (Å²) >= 11 is 0. The van der Waals surface area contributed by atoms with Gasteiger partial charge < -0.3 is 25.1 Å². The standard InChI is InChI=1S/C43H61NO6.CH4O/c1-26(2)36-30(46)22-43(33(47)24-44-38(49)27-12-10-9-11-13-27)21-16-29-28(37(36)43)14-15-32-41(29,7)19-17-31-40(5,6)34(18-20-42(31,32)8)50-35(48)23-39(3,4)25-45;1-2/h9-13,25-26,28-29,31-34,47H,14-24H2,1-8H3,(H,44,49);2H,1H3. The fourth-order valence-electron chi connectivity index (χ4n) is 12.6. The number of hydrogen-bond acceptors (Lipinski definition) is 7. The van der Waals surface area contributed by atoms with E-state index in [9.17, 15) is 24.3 Å². The molecule has 3 N–H and O–H groups in total. The van der Waals surface area contributed by atoms with Crippen LogP contribution >= 0.6 is 0 Å². The van der Waals surface area contributed by atoms with E-state index < -0.39 is 16.9 Å². The first-order valence-electron chi connectivity index (χ1n) is 19.8. The summed E-state index contributed by atoms with van der Waals surface area (Å²) in [6.45, 7) is 17.6. The van der Waals surface area contributed by atoms with Crippen molar-refractivity contribution in [2.24, 2.45) is 56.7 Å². The molecule has 52 heavy (non-hydrogen) atoms. The van der Waals surface area contributed by atoms with Gasteiger partial charge in [0.2, 0.25) is 0 Å². The molecule has 288 valence electrons. The van der Waals surface area contributed by atoms with Crippen LogP contribution in [0.5, 0.6) is 0 Å². The van der Waals surface area contributed by atoms with Crippen molar-refractivity contribution in [1.29, 1.82) is 0 Å². The lowest BCUT2D eigenvalue weighted by molar-refractivity contribution is -0.214. The highest BCUT2D eigenvalue weighted by molar-refractivity contribution is 6.01. The molecule has 9 atom stereocenters. The highest BCUT2D eigenvalue weighted by Crippen LogP contribution is 2.73. The molecule has 4 fully saturated rings. The maximum absolute atomic E-state index is 13.9. The summed E-state index contributed by atoms with van der Waals surface area (Å²) in [5.74, 6) is 1.38.